The standard InChI is InChI=1S/2C16H11N3O3.4C15H12O2.2Dy/c2*20-15-3-1-2-11-4-5-13(18-16(11)15)10-17-12-6-8-14(9-7-12)19(21)22;4*16-14(12-7-3-1-4-8-12)11-15(17)13-9-5-2-6-10-13;;/h2*1-10,20H;4*1-11,16H;;/q;;;;;;2*+3/p-6/b;;4*14-11-;;. The number of para-hydroxylation sites is 2. The number of rotatable bonds is 18. The number of nitrogens with zero attached hydrogens (tertiary/aromatic N) is 6. The molecular weight excluding hydrogens is 1740 g/mol. The Balaban J connectivity index is 0.000000190. The van der Waals surface area contributed by atoms with Gasteiger partial charge in [0.1, 0.15) is 0 Å². The average Bonchev–Trinajstić information content (AvgIpc) is 0.823. The molecule has 22 heteroatoms. The maximum Gasteiger partial charge on any atom is 3.00 e. The van der Waals surface area contributed by atoms with Crippen molar-refractivity contribution in [2.45, 2.75) is 0 Å². The topological polar surface area (TPSA) is 343 Å². The van der Waals surface area contributed by atoms with Gasteiger partial charge in [0.05, 0.1) is 56.1 Å². The molecule has 0 bridgehead atoms. The Bertz CT molecular complexity index is 5140. The van der Waals surface area contributed by atoms with E-state index in [9.17, 15) is 70.0 Å². The molecule has 2 radical (unpaired) electrons. The van der Waals surface area contributed by atoms with Crippen LogP contribution in [0.5, 0.6) is 11.5 Å². The monoisotopic (exact) mass is 1800 g/mol. The maximum absolute atomic E-state index is 11.8. The summed E-state index contributed by atoms with van der Waals surface area (Å²) in [7, 11) is 0. The van der Waals surface area contributed by atoms with Crippen molar-refractivity contribution < 1.29 is 136 Å². The number of carbonyl (C=O) groups excluding carboxylic acids is 4. The number of aliphatic imine (C=N–C) groups is 2. The van der Waals surface area contributed by atoms with Gasteiger partial charge in [0, 0.05) is 46.5 Å². The van der Waals surface area contributed by atoms with Crippen molar-refractivity contribution in [3.63, 3.8) is 0 Å². The van der Waals surface area contributed by atoms with Crippen LogP contribution in [0.1, 0.15) is 75.1 Å². The number of non-ortho nitro benzene ring substituents is 2. The van der Waals surface area contributed by atoms with Crippen LogP contribution in [-0.4, -0.2) is 55.4 Å². The summed E-state index contributed by atoms with van der Waals surface area (Å²) in [5.74, 6) is -2.39. The maximum atomic E-state index is 11.8. The molecule has 2 aromatic heterocycles. The molecule has 0 spiro atoms. The Morgan fingerprint density at radius 3 is 0.711 bits per heavy atom. The number of nitro benzene ring substituents is 2. The van der Waals surface area contributed by atoms with E-state index in [0.29, 0.717) is 78.3 Å². The quantitative estimate of drug-likeness (QED) is 0.0192. The van der Waals surface area contributed by atoms with Gasteiger partial charge in [-0.1, -0.05) is 326 Å². The number of pyridine rings is 2. The summed E-state index contributed by atoms with van der Waals surface area (Å²) >= 11 is 0. The van der Waals surface area contributed by atoms with Crippen LogP contribution in [0, 0.1) is 96.6 Å². The summed E-state index contributed by atoms with van der Waals surface area (Å²) in [5, 5.41) is 93.2. The Morgan fingerprint density at radius 1 is 0.272 bits per heavy atom. The van der Waals surface area contributed by atoms with Crippen molar-refractivity contribution in [2.24, 2.45) is 9.98 Å². The minimum Gasteiger partial charge on any atom is -0.872 e. The van der Waals surface area contributed by atoms with Gasteiger partial charge in [-0.05, 0) is 93.7 Å². The van der Waals surface area contributed by atoms with Crippen LogP contribution < -0.4 is 30.6 Å². The molecule has 0 atom stereocenters. The first-order valence-electron chi connectivity index (χ1n) is 34.2. The Morgan fingerprint density at radius 2 is 0.491 bits per heavy atom. The molecule has 114 heavy (non-hydrogen) atoms. The molecule has 0 fully saturated rings. The first-order chi connectivity index (χ1) is 54.3. The summed E-state index contributed by atoms with van der Waals surface area (Å²) in [5.41, 5.74) is 7.27. The zero-order chi connectivity index (χ0) is 79.4. The number of ketones is 4. The molecule has 0 saturated heterocycles. The van der Waals surface area contributed by atoms with Crippen LogP contribution in [0.4, 0.5) is 22.7 Å². The van der Waals surface area contributed by atoms with Crippen molar-refractivity contribution >= 4 is 103 Å². The van der Waals surface area contributed by atoms with Gasteiger partial charge >= 0.3 is 76.3 Å². The minimum absolute atomic E-state index is 0. The molecule has 0 aliphatic rings. The van der Waals surface area contributed by atoms with Gasteiger partial charge in [0.15, 0.2) is 23.1 Å². The average molecular weight is 1800 g/mol. The fraction of sp³-hybridized carbons (Fsp3) is 0. The van der Waals surface area contributed by atoms with E-state index in [2.05, 4.69) is 20.0 Å². The Kier molecular flexibility index (Phi) is 35.7. The first kappa shape index (κ1) is 87.8. The molecule has 0 unspecified atom stereocenters. The summed E-state index contributed by atoms with van der Waals surface area (Å²) in [6.45, 7) is 0. The molecule has 0 saturated carbocycles. The van der Waals surface area contributed by atoms with Gasteiger partial charge in [0.25, 0.3) is 11.4 Å². The molecule has 14 rings (SSSR count). The van der Waals surface area contributed by atoms with Crippen molar-refractivity contribution in [2.75, 3.05) is 0 Å². The van der Waals surface area contributed by atoms with Crippen molar-refractivity contribution in [1.29, 1.82) is 0 Å². The van der Waals surface area contributed by atoms with Gasteiger partial charge in [-0.3, -0.25) is 49.4 Å². The molecular formula is C92H64Dy2N6O14. The molecule has 0 amide bonds. The van der Waals surface area contributed by atoms with E-state index in [1.165, 1.54) is 48.8 Å². The smallest absolute Gasteiger partial charge is 0.872 e. The second-order valence-electron chi connectivity index (χ2n) is 23.6. The molecule has 0 N–H and O–H groups in total. The summed E-state index contributed by atoms with van der Waals surface area (Å²) in [6.07, 6.45) is 7.56. The number of fused-ring (bicyclic) bond motifs is 2. The minimum atomic E-state index is -0.464. The van der Waals surface area contributed by atoms with E-state index in [0.717, 1.165) is 35.1 Å². The Hall–Kier alpha value is -13.4. The normalized spacial score (nSPS) is 10.9. The van der Waals surface area contributed by atoms with Crippen LogP contribution >= 0.6 is 0 Å². The second kappa shape index (κ2) is 46.3. The third-order valence-corrected chi connectivity index (χ3v) is 15.7. The Labute approximate surface area is 716 Å². The molecule has 566 valence electrons. The van der Waals surface area contributed by atoms with Gasteiger partial charge in [-0.2, -0.15) is 0 Å². The number of carbonyl (C=O) groups is 4. The van der Waals surface area contributed by atoms with Gasteiger partial charge in [0.2, 0.25) is 0 Å². The van der Waals surface area contributed by atoms with E-state index in [1.807, 2.05) is 60.7 Å². The van der Waals surface area contributed by atoms with Gasteiger partial charge in [-0.15, -0.1) is 0 Å². The van der Waals surface area contributed by atoms with Crippen LogP contribution in [-0.2, 0) is 0 Å². The van der Waals surface area contributed by atoms with Crippen molar-refractivity contribution in [1.82, 2.24) is 9.97 Å². The zero-order valence-corrected chi connectivity index (χ0v) is 64.0. The van der Waals surface area contributed by atoms with E-state index >= 15 is 0 Å². The molecule has 14 aromatic rings. The largest absolute Gasteiger partial charge is 3.00 e. The third kappa shape index (κ3) is 28.2. The number of hydrogen-bond donors (Lipinski definition) is 0. The van der Waals surface area contributed by atoms with E-state index in [1.54, 1.807) is 255 Å². The first-order valence-corrected chi connectivity index (χ1v) is 34.2. The predicted octanol–water partition coefficient (Wildman–Crippen LogP) is 15.0. The van der Waals surface area contributed by atoms with E-state index in [4.69, 9.17) is 0 Å². The molecule has 0 aliphatic heterocycles. The van der Waals surface area contributed by atoms with Crippen LogP contribution in [0.3, 0.4) is 0 Å². The second-order valence-corrected chi connectivity index (χ2v) is 23.6. The summed E-state index contributed by atoms with van der Waals surface area (Å²) < 4.78 is 0. The van der Waals surface area contributed by atoms with Crippen molar-refractivity contribution in [3.8, 4) is 11.5 Å². The fourth-order valence-electron chi connectivity index (χ4n) is 9.98. The number of nitro groups is 2. The molecule has 20 nitrogen and oxygen atoms in total. The van der Waals surface area contributed by atoms with Crippen LogP contribution in [0.15, 0.2) is 386 Å². The van der Waals surface area contributed by atoms with Gasteiger partial charge < -0.3 is 30.6 Å². The number of allylic oxidation sites excluding steroid dienone is 4. The van der Waals surface area contributed by atoms with Crippen LogP contribution in [0.25, 0.3) is 44.8 Å². The summed E-state index contributed by atoms with van der Waals surface area (Å²) in [4.78, 5) is 84.2. The van der Waals surface area contributed by atoms with Crippen molar-refractivity contribution in [3.05, 3.63) is 452 Å². The van der Waals surface area contributed by atoms with E-state index < -0.39 is 9.85 Å². The predicted molar refractivity (Wildman–Crippen MR) is 424 cm³/mol. The van der Waals surface area contributed by atoms with E-state index in [-0.39, 0.29) is 145 Å². The molecule has 0 aliphatic carbocycles. The number of benzene rings is 12. The fourth-order valence-corrected chi connectivity index (χ4v) is 9.98. The van der Waals surface area contributed by atoms with Gasteiger partial charge in [-0.25, -0.2) is 9.97 Å². The zero-order valence-electron chi connectivity index (χ0n) is 60.0. The number of aromatic nitrogens is 2. The molecule has 12 aromatic carbocycles. The van der Waals surface area contributed by atoms with Crippen LogP contribution in [0.2, 0.25) is 0 Å². The third-order valence-electron chi connectivity index (χ3n) is 15.7. The SMILES string of the molecule is O=C(/C=C(\[O-])c1ccccc1)c1ccccc1.O=C(/C=C(\[O-])c1ccccc1)c1ccccc1.O=C(/C=C(\[O-])c1ccccc1)c1ccccc1.O=C(/C=C(\[O-])c1ccccc1)c1ccccc1.O=[N+]([O-])c1ccc(N=Cc2ccc3cccc([O-])c3n2)cc1.O=[N+]([O-])c1ccc(N=Cc2ccc3cccc([O-])c3n2)cc1.[Dy+3].[Dy+3]. The summed E-state index contributed by atoms with van der Waals surface area (Å²) in [6, 6.07) is 98.9. The molecule has 2 heterocycles. The number of hydrogen-bond acceptors (Lipinski definition) is 18.